The van der Waals surface area contributed by atoms with Gasteiger partial charge >= 0.3 is 5.97 Å². The van der Waals surface area contributed by atoms with E-state index in [1.54, 1.807) is 28.8 Å². The first kappa shape index (κ1) is 24.4. The first-order valence-electron chi connectivity index (χ1n) is 12.1. The van der Waals surface area contributed by atoms with Crippen molar-refractivity contribution in [2.75, 3.05) is 31.6 Å². The number of hydrogen-bond acceptors (Lipinski definition) is 8. The van der Waals surface area contributed by atoms with Gasteiger partial charge in [-0.2, -0.15) is 0 Å². The minimum atomic E-state index is -0.232. The molecule has 4 heterocycles. The molecule has 1 aliphatic rings. The molecule has 3 aromatic heterocycles. The molecule has 36 heavy (non-hydrogen) atoms. The Morgan fingerprint density at radius 3 is 2.86 bits per heavy atom. The molecule has 1 amide bonds. The van der Waals surface area contributed by atoms with Gasteiger partial charge in [-0.15, -0.1) is 22.7 Å². The van der Waals surface area contributed by atoms with Crippen molar-refractivity contribution in [3.8, 4) is 10.6 Å². The van der Waals surface area contributed by atoms with E-state index in [1.807, 2.05) is 36.6 Å². The average Bonchev–Trinajstić information content (AvgIpc) is 3.58. The smallest absolute Gasteiger partial charge is 0.310 e. The molecule has 1 saturated heterocycles. The molecular formula is C27H28N4O3S2. The number of carbonyl (C=O) groups excluding carboxylic acids is 2. The van der Waals surface area contributed by atoms with E-state index in [-0.39, 0.29) is 17.8 Å². The molecule has 0 N–H and O–H groups in total. The summed E-state index contributed by atoms with van der Waals surface area (Å²) in [6.07, 6.45) is 1.61. The van der Waals surface area contributed by atoms with Crippen molar-refractivity contribution in [1.29, 1.82) is 0 Å². The van der Waals surface area contributed by atoms with Gasteiger partial charge in [0.25, 0.3) is 5.91 Å². The van der Waals surface area contributed by atoms with Crippen LogP contribution in [0.4, 0.5) is 5.82 Å². The fourth-order valence-corrected chi connectivity index (χ4v) is 6.14. The number of piperidine rings is 1. The van der Waals surface area contributed by atoms with Crippen molar-refractivity contribution in [3.05, 3.63) is 64.6 Å². The van der Waals surface area contributed by atoms with Crippen molar-refractivity contribution in [3.63, 3.8) is 0 Å². The van der Waals surface area contributed by atoms with Crippen LogP contribution in [-0.4, -0.2) is 53.5 Å². The van der Waals surface area contributed by atoms with Crippen LogP contribution in [0.5, 0.6) is 0 Å². The Labute approximate surface area is 218 Å². The highest BCUT2D eigenvalue weighted by molar-refractivity contribution is 7.22. The van der Waals surface area contributed by atoms with Crippen molar-refractivity contribution >= 4 is 50.5 Å². The summed E-state index contributed by atoms with van der Waals surface area (Å²) in [4.78, 5) is 40.2. The first-order chi connectivity index (χ1) is 17.5. The van der Waals surface area contributed by atoms with E-state index >= 15 is 0 Å². The molecule has 0 aliphatic carbocycles. The van der Waals surface area contributed by atoms with E-state index in [0.29, 0.717) is 31.1 Å². The summed E-state index contributed by atoms with van der Waals surface area (Å²) in [6.45, 7) is 3.82. The molecule has 0 saturated carbocycles. The lowest BCUT2D eigenvalue weighted by molar-refractivity contribution is -0.148. The van der Waals surface area contributed by atoms with Gasteiger partial charge in [-0.3, -0.25) is 9.59 Å². The van der Waals surface area contributed by atoms with Gasteiger partial charge in [0.15, 0.2) is 0 Å². The maximum atomic E-state index is 13.6. The van der Waals surface area contributed by atoms with Gasteiger partial charge in [0.1, 0.15) is 5.82 Å². The Hall–Kier alpha value is -3.30. The number of carbonyl (C=O) groups is 2. The molecule has 9 heteroatoms. The number of aromatic nitrogens is 2. The highest BCUT2D eigenvalue weighted by Crippen LogP contribution is 2.35. The highest BCUT2D eigenvalue weighted by Gasteiger charge is 2.30. The summed E-state index contributed by atoms with van der Waals surface area (Å²) in [7, 11) is 1.78. The molecule has 0 bridgehead atoms. The second-order valence-corrected chi connectivity index (χ2v) is 10.7. The molecule has 1 aromatic carbocycles. The van der Waals surface area contributed by atoms with Crippen molar-refractivity contribution in [2.24, 2.45) is 5.92 Å². The number of anilines is 1. The maximum absolute atomic E-state index is 13.6. The average molecular weight is 521 g/mol. The second-order valence-electron chi connectivity index (χ2n) is 8.89. The third kappa shape index (κ3) is 5.12. The molecular weight excluding hydrogens is 492 g/mol. The Morgan fingerprint density at radius 1 is 1.22 bits per heavy atom. The lowest BCUT2D eigenvalue weighted by Gasteiger charge is -2.34. The predicted octanol–water partition coefficient (Wildman–Crippen LogP) is 5.47. The topological polar surface area (TPSA) is 75.6 Å². The molecule has 0 radical (unpaired) electrons. The van der Waals surface area contributed by atoms with E-state index in [1.165, 1.54) is 21.4 Å². The summed E-state index contributed by atoms with van der Waals surface area (Å²) in [5, 5.41) is 3.12. The van der Waals surface area contributed by atoms with E-state index in [0.717, 1.165) is 35.7 Å². The molecule has 186 valence electrons. The minimum absolute atomic E-state index is 0.119. The number of amides is 1. The number of thiophene rings is 1. The van der Waals surface area contributed by atoms with Crippen LogP contribution in [-0.2, 0) is 16.1 Å². The maximum Gasteiger partial charge on any atom is 0.310 e. The summed E-state index contributed by atoms with van der Waals surface area (Å²) < 4.78 is 6.50. The zero-order valence-electron chi connectivity index (χ0n) is 20.3. The van der Waals surface area contributed by atoms with Gasteiger partial charge in [-0.25, -0.2) is 9.97 Å². The van der Waals surface area contributed by atoms with Crippen LogP contribution in [0.25, 0.3) is 20.7 Å². The summed E-state index contributed by atoms with van der Waals surface area (Å²) in [5.74, 6) is 0.0845. The van der Waals surface area contributed by atoms with Crippen LogP contribution in [0.1, 0.15) is 35.8 Å². The number of pyridine rings is 1. The lowest BCUT2D eigenvalue weighted by Crippen LogP contribution is -2.41. The summed E-state index contributed by atoms with van der Waals surface area (Å²) in [6, 6.07) is 14.2. The number of benzene rings is 1. The molecule has 1 aliphatic heterocycles. The zero-order chi connectivity index (χ0) is 25.1. The number of esters is 1. The fraction of sp³-hybridized carbons (Fsp3) is 0.333. The molecule has 1 unspecified atom stereocenters. The highest BCUT2D eigenvalue weighted by atomic mass is 32.1. The molecule has 7 nitrogen and oxygen atoms in total. The van der Waals surface area contributed by atoms with Crippen LogP contribution in [0, 0.1) is 5.92 Å². The van der Waals surface area contributed by atoms with Gasteiger partial charge in [-0.1, -0.05) is 18.2 Å². The van der Waals surface area contributed by atoms with Crippen molar-refractivity contribution in [1.82, 2.24) is 14.9 Å². The van der Waals surface area contributed by atoms with E-state index in [9.17, 15) is 9.59 Å². The zero-order valence-corrected chi connectivity index (χ0v) is 22.0. The summed E-state index contributed by atoms with van der Waals surface area (Å²) in [5.41, 5.74) is 3.97. The SMILES string of the molecule is CCOC(=O)C1CCCN(c2nc(-c3cc4ccccc4s3)ccc2C(=O)N(C)Cc2cscn2)C1. The Kier molecular flexibility index (Phi) is 7.29. The largest absolute Gasteiger partial charge is 0.466 e. The van der Waals surface area contributed by atoms with Crippen LogP contribution < -0.4 is 4.90 Å². The Morgan fingerprint density at radius 2 is 2.08 bits per heavy atom. The van der Waals surface area contributed by atoms with Crippen LogP contribution in [0.15, 0.2) is 53.4 Å². The second kappa shape index (κ2) is 10.8. The van der Waals surface area contributed by atoms with Gasteiger partial charge in [0, 0.05) is 30.2 Å². The predicted molar refractivity (Wildman–Crippen MR) is 145 cm³/mol. The Bertz CT molecular complexity index is 1340. The van der Waals surface area contributed by atoms with E-state index in [2.05, 4.69) is 28.1 Å². The molecule has 5 rings (SSSR count). The molecule has 0 spiro atoms. The quantitative estimate of drug-likeness (QED) is 0.301. The number of nitrogens with zero attached hydrogens (tertiary/aromatic N) is 4. The molecule has 4 aromatic rings. The number of rotatable bonds is 7. The van der Waals surface area contributed by atoms with Gasteiger partial charge in [0.05, 0.1) is 46.4 Å². The standard InChI is InChI=1S/C27H28N4O3S2/c1-3-34-27(33)19-8-6-12-31(14-19)25-21(26(32)30(2)15-20-16-35-17-28-20)10-11-22(29-25)24-13-18-7-4-5-9-23(18)36-24/h4-5,7,9-11,13,16-17,19H,3,6,8,12,14-15H2,1-2H3. The van der Waals surface area contributed by atoms with E-state index in [4.69, 9.17) is 9.72 Å². The number of thiazole rings is 1. The summed E-state index contributed by atoms with van der Waals surface area (Å²) >= 11 is 3.19. The van der Waals surface area contributed by atoms with Crippen LogP contribution in [0.2, 0.25) is 0 Å². The van der Waals surface area contributed by atoms with Crippen LogP contribution >= 0.6 is 22.7 Å². The monoisotopic (exact) mass is 520 g/mol. The van der Waals surface area contributed by atoms with Gasteiger partial charge in [-0.05, 0) is 49.4 Å². The van der Waals surface area contributed by atoms with Crippen molar-refractivity contribution < 1.29 is 14.3 Å². The van der Waals surface area contributed by atoms with Gasteiger partial charge in [0.2, 0.25) is 0 Å². The fourth-order valence-electron chi connectivity index (χ4n) is 4.56. The third-order valence-electron chi connectivity index (χ3n) is 6.35. The van der Waals surface area contributed by atoms with Crippen LogP contribution in [0.3, 0.4) is 0 Å². The molecule has 1 fully saturated rings. The number of hydrogen-bond donors (Lipinski definition) is 0. The lowest BCUT2D eigenvalue weighted by atomic mass is 9.97. The molecule has 1 atom stereocenters. The Balaban J connectivity index is 1.51. The number of fused-ring (bicyclic) bond motifs is 1. The number of ether oxygens (including phenoxy) is 1. The minimum Gasteiger partial charge on any atom is -0.466 e. The van der Waals surface area contributed by atoms with Gasteiger partial charge < -0.3 is 14.5 Å². The first-order valence-corrected chi connectivity index (χ1v) is 13.8. The van der Waals surface area contributed by atoms with E-state index < -0.39 is 0 Å². The third-order valence-corrected chi connectivity index (χ3v) is 8.13. The normalized spacial score (nSPS) is 15.7. The van der Waals surface area contributed by atoms with Crippen molar-refractivity contribution in [2.45, 2.75) is 26.3 Å².